The van der Waals surface area contributed by atoms with Crippen LogP contribution in [0, 0.1) is 11.8 Å². The van der Waals surface area contributed by atoms with E-state index in [4.69, 9.17) is 0 Å². The first-order valence-electron chi connectivity index (χ1n) is 4.41. The van der Waals surface area contributed by atoms with Crippen molar-refractivity contribution in [3.63, 3.8) is 0 Å². The topological polar surface area (TPSA) is 12.0 Å². The molecule has 0 amide bonds. The van der Waals surface area contributed by atoms with E-state index in [9.17, 15) is 0 Å². The first kappa shape index (κ1) is 8.06. The lowest BCUT2D eigenvalue weighted by molar-refractivity contribution is 0.233. The molecular formula is C9H19N. The van der Waals surface area contributed by atoms with Crippen molar-refractivity contribution in [2.45, 2.75) is 39.2 Å². The van der Waals surface area contributed by atoms with Crippen molar-refractivity contribution >= 4 is 0 Å². The summed E-state index contributed by atoms with van der Waals surface area (Å²) in [5, 5.41) is 3.35. The van der Waals surface area contributed by atoms with E-state index in [0.717, 1.165) is 17.9 Å². The molecule has 3 atom stereocenters. The standard InChI is InChI=1S/C9H19N/c1-7-4-5-9(10-3)6-8(7)2/h7-10H,4-6H2,1-3H3/t7-,8+,9?/m1/s1. The van der Waals surface area contributed by atoms with Gasteiger partial charge in [0.25, 0.3) is 0 Å². The minimum absolute atomic E-state index is 0.797. The van der Waals surface area contributed by atoms with E-state index < -0.39 is 0 Å². The summed E-state index contributed by atoms with van der Waals surface area (Å²) in [6.45, 7) is 4.74. The van der Waals surface area contributed by atoms with Gasteiger partial charge < -0.3 is 5.32 Å². The van der Waals surface area contributed by atoms with Crippen LogP contribution in [0.3, 0.4) is 0 Å². The Bertz CT molecular complexity index is 101. The Morgan fingerprint density at radius 3 is 2.30 bits per heavy atom. The average molecular weight is 141 g/mol. The molecule has 1 heteroatoms. The molecule has 1 nitrogen and oxygen atoms in total. The molecule has 0 heterocycles. The van der Waals surface area contributed by atoms with Crippen LogP contribution in [0.2, 0.25) is 0 Å². The highest BCUT2D eigenvalue weighted by Gasteiger charge is 2.22. The van der Waals surface area contributed by atoms with Gasteiger partial charge in [-0.1, -0.05) is 13.8 Å². The Morgan fingerprint density at radius 1 is 1.10 bits per heavy atom. The van der Waals surface area contributed by atoms with Crippen LogP contribution in [0.5, 0.6) is 0 Å². The van der Waals surface area contributed by atoms with Gasteiger partial charge in [0.1, 0.15) is 0 Å². The fourth-order valence-corrected chi connectivity index (χ4v) is 1.81. The summed E-state index contributed by atoms with van der Waals surface area (Å²) in [7, 11) is 2.08. The maximum Gasteiger partial charge on any atom is 0.00668 e. The summed E-state index contributed by atoms with van der Waals surface area (Å²) >= 11 is 0. The zero-order chi connectivity index (χ0) is 7.56. The molecule has 0 spiro atoms. The van der Waals surface area contributed by atoms with Crippen molar-refractivity contribution in [3.05, 3.63) is 0 Å². The molecule has 1 aliphatic rings. The Hall–Kier alpha value is -0.0400. The maximum absolute atomic E-state index is 3.35. The van der Waals surface area contributed by atoms with Crippen LogP contribution in [-0.4, -0.2) is 13.1 Å². The fourth-order valence-electron chi connectivity index (χ4n) is 1.81. The molecular weight excluding hydrogens is 122 g/mol. The predicted molar refractivity (Wildman–Crippen MR) is 45.0 cm³/mol. The van der Waals surface area contributed by atoms with Gasteiger partial charge in [-0.25, -0.2) is 0 Å². The summed E-state index contributed by atoms with van der Waals surface area (Å²) in [6.07, 6.45) is 4.16. The van der Waals surface area contributed by atoms with E-state index >= 15 is 0 Å². The van der Waals surface area contributed by atoms with Crippen molar-refractivity contribution < 1.29 is 0 Å². The number of hydrogen-bond donors (Lipinski definition) is 1. The molecule has 1 fully saturated rings. The molecule has 0 saturated heterocycles. The van der Waals surface area contributed by atoms with E-state index in [-0.39, 0.29) is 0 Å². The van der Waals surface area contributed by atoms with Crippen molar-refractivity contribution in [3.8, 4) is 0 Å². The minimum atomic E-state index is 0.797. The molecule has 0 aromatic heterocycles. The van der Waals surface area contributed by atoms with Gasteiger partial charge in [-0.15, -0.1) is 0 Å². The lowest BCUT2D eigenvalue weighted by Gasteiger charge is -2.31. The van der Waals surface area contributed by atoms with Crippen LogP contribution in [0.1, 0.15) is 33.1 Å². The van der Waals surface area contributed by atoms with Crippen LogP contribution in [-0.2, 0) is 0 Å². The van der Waals surface area contributed by atoms with Crippen LogP contribution in [0.25, 0.3) is 0 Å². The minimum Gasteiger partial charge on any atom is -0.317 e. The molecule has 1 saturated carbocycles. The highest BCUT2D eigenvalue weighted by molar-refractivity contribution is 4.78. The van der Waals surface area contributed by atoms with E-state index in [1.165, 1.54) is 19.3 Å². The normalized spacial score (nSPS) is 41.7. The molecule has 1 unspecified atom stereocenters. The zero-order valence-electron chi connectivity index (χ0n) is 7.35. The average Bonchev–Trinajstić information content (AvgIpc) is 1.95. The summed E-state index contributed by atoms with van der Waals surface area (Å²) in [4.78, 5) is 0. The Morgan fingerprint density at radius 2 is 1.80 bits per heavy atom. The number of rotatable bonds is 1. The smallest absolute Gasteiger partial charge is 0.00668 e. The summed E-state index contributed by atoms with van der Waals surface area (Å²) < 4.78 is 0. The summed E-state index contributed by atoms with van der Waals surface area (Å²) in [5.74, 6) is 1.87. The van der Waals surface area contributed by atoms with Gasteiger partial charge in [0.15, 0.2) is 0 Å². The zero-order valence-corrected chi connectivity index (χ0v) is 7.35. The molecule has 0 aromatic carbocycles. The molecule has 10 heavy (non-hydrogen) atoms. The van der Waals surface area contributed by atoms with Crippen molar-refractivity contribution in [2.24, 2.45) is 11.8 Å². The van der Waals surface area contributed by atoms with Gasteiger partial charge in [0, 0.05) is 6.04 Å². The monoisotopic (exact) mass is 141 g/mol. The van der Waals surface area contributed by atoms with E-state index in [1.807, 2.05) is 0 Å². The molecule has 1 N–H and O–H groups in total. The second kappa shape index (κ2) is 3.38. The molecule has 60 valence electrons. The lowest BCUT2D eigenvalue weighted by Crippen LogP contribution is -2.33. The van der Waals surface area contributed by atoms with Crippen LogP contribution >= 0.6 is 0 Å². The number of nitrogens with one attached hydrogen (secondary N) is 1. The Labute approximate surface area is 64.2 Å². The SMILES string of the molecule is CNC1CC[C@@H](C)[C@@H](C)C1. The van der Waals surface area contributed by atoms with E-state index in [0.29, 0.717) is 0 Å². The Kier molecular flexibility index (Phi) is 2.72. The van der Waals surface area contributed by atoms with Gasteiger partial charge in [-0.05, 0) is 38.1 Å². The molecule has 1 aliphatic carbocycles. The van der Waals surface area contributed by atoms with Crippen molar-refractivity contribution in [1.82, 2.24) is 5.32 Å². The van der Waals surface area contributed by atoms with Crippen molar-refractivity contribution in [1.29, 1.82) is 0 Å². The highest BCUT2D eigenvalue weighted by Crippen LogP contribution is 2.28. The molecule has 0 aromatic rings. The summed E-state index contributed by atoms with van der Waals surface area (Å²) in [6, 6.07) is 0.797. The fraction of sp³-hybridized carbons (Fsp3) is 1.00. The van der Waals surface area contributed by atoms with Crippen molar-refractivity contribution in [2.75, 3.05) is 7.05 Å². The largest absolute Gasteiger partial charge is 0.317 e. The van der Waals surface area contributed by atoms with Crippen LogP contribution < -0.4 is 5.32 Å². The van der Waals surface area contributed by atoms with Gasteiger partial charge in [-0.3, -0.25) is 0 Å². The van der Waals surface area contributed by atoms with Gasteiger partial charge in [0.2, 0.25) is 0 Å². The molecule has 0 radical (unpaired) electrons. The lowest BCUT2D eigenvalue weighted by atomic mass is 9.79. The second-order valence-corrected chi connectivity index (χ2v) is 3.75. The van der Waals surface area contributed by atoms with E-state index in [2.05, 4.69) is 26.2 Å². The van der Waals surface area contributed by atoms with Gasteiger partial charge in [-0.2, -0.15) is 0 Å². The van der Waals surface area contributed by atoms with Crippen LogP contribution in [0.15, 0.2) is 0 Å². The highest BCUT2D eigenvalue weighted by atomic mass is 14.9. The quantitative estimate of drug-likeness (QED) is 0.589. The first-order chi connectivity index (χ1) is 4.74. The predicted octanol–water partition coefficient (Wildman–Crippen LogP) is 2.03. The second-order valence-electron chi connectivity index (χ2n) is 3.75. The maximum atomic E-state index is 3.35. The summed E-state index contributed by atoms with van der Waals surface area (Å²) in [5.41, 5.74) is 0. The van der Waals surface area contributed by atoms with E-state index in [1.54, 1.807) is 0 Å². The third-order valence-electron chi connectivity index (χ3n) is 3.01. The Balaban J connectivity index is 2.33. The third kappa shape index (κ3) is 1.72. The molecule has 1 rings (SSSR count). The van der Waals surface area contributed by atoms with Gasteiger partial charge >= 0.3 is 0 Å². The van der Waals surface area contributed by atoms with Gasteiger partial charge in [0.05, 0.1) is 0 Å². The molecule has 0 bridgehead atoms. The van der Waals surface area contributed by atoms with Crippen LogP contribution in [0.4, 0.5) is 0 Å². The first-order valence-corrected chi connectivity index (χ1v) is 4.41. The molecule has 0 aliphatic heterocycles. The third-order valence-corrected chi connectivity index (χ3v) is 3.01. The number of hydrogen-bond acceptors (Lipinski definition) is 1.